The highest BCUT2D eigenvalue weighted by Crippen LogP contribution is 2.31. The van der Waals surface area contributed by atoms with Crippen LogP contribution in [0.15, 0.2) is 77.8 Å². The van der Waals surface area contributed by atoms with E-state index >= 15 is 0 Å². The summed E-state index contributed by atoms with van der Waals surface area (Å²) < 4.78 is 28.5. The van der Waals surface area contributed by atoms with Gasteiger partial charge in [0.25, 0.3) is 5.91 Å². The molecule has 0 spiro atoms. The van der Waals surface area contributed by atoms with Crippen LogP contribution in [0.2, 0.25) is 0 Å². The molecule has 0 radical (unpaired) electrons. The third kappa shape index (κ3) is 4.59. The van der Waals surface area contributed by atoms with Crippen molar-refractivity contribution in [2.75, 3.05) is 18.0 Å². The summed E-state index contributed by atoms with van der Waals surface area (Å²) in [5.74, 6) is -0.258. The predicted molar refractivity (Wildman–Crippen MR) is 133 cm³/mol. The number of amides is 1. The number of benzene rings is 2. The first-order chi connectivity index (χ1) is 16.5. The SMILES string of the molecule is O=C(c1ccc(S(=O)(=O)N2CCCCC2)cc1)N(Cc1ccccn1)c1nc2ccccc2s1. The van der Waals surface area contributed by atoms with Gasteiger partial charge in [0.1, 0.15) is 0 Å². The van der Waals surface area contributed by atoms with Crippen molar-refractivity contribution in [3.63, 3.8) is 0 Å². The Morgan fingerprint density at radius 1 is 0.941 bits per heavy atom. The summed E-state index contributed by atoms with van der Waals surface area (Å²) >= 11 is 1.44. The lowest BCUT2D eigenvalue weighted by Crippen LogP contribution is -2.35. The minimum atomic E-state index is -3.55. The quantitative estimate of drug-likeness (QED) is 0.389. The number of para-hydroxylation sites is 1. The third-order valence-electron chi connectivity index (χ3n) is 5.86. The van der Waals surface area contributed by atoms with Crippen molar-refractivity contribution in [2.24, 2.45) is 0 Å². The number of carbonyl (C=O) groups is 1. The Balaban J connectivity index is 1.46. The van der Waals surface area contributed by atoms with Gasteiger partial charge in [-0.2, -0.15) is 4.31 Å². The van der Waals surface area contributed by atoms with Crippen molar-refractivity contribution in [3.05, 3.63) is 84.2 Å². The van der Waals surface area contributed by atoms with Gasteiger partial charge in [-0.3, -0.25) is 14.7 Å². The number of anilines is 1. The lowest BCUT2D eigenvalue weighted by Gasteiger charge is -2.26. The number of pyridine rings is 1. The molecule has 1 aliphatic rings. The number of sulfonamides is 1. The van der Waals surface area contributed by atoms with Gasteiger partial charge >= 0.3 is 0 Å². The van der Waals surface area contributed by atoms with E-state index in [1.54, 1.807) is 23.2 Å². The van der Waals surface area contributed by atoms with E-state index in [1.807, 2.05) is 42.5 Å². The van der Waals surface area contributed by atoms with Gasteiger partial charge < -0.3 is 0 Å². The molecule has 174 valence electrons. The van der Waals surface area contributed by atoms with Crippen LogP contribution < -0.4 is 4.90 Å². The Labute approximate surface area is 202 Å². The summed E-state index contributed by atoms with van der Waals surface area (Å²) in [6, 6.07) is 19.5. The monoisotopic (exact) mass is 492 g/mol. The Morgan fingerprint density at radius 3 is 2.38 bits per heavy atom. The number of rotatable bonds is 6. The summed E-state index contributed by atoms with van der Waals surface area (Å²) in [7, 11) is -3.55. The molecule has 1 saturated heterocycles. The Morgan fingerprint density at radius 2 is 1.68 bits per heavy atom. The highest BCUT2D eigenvalue weighted by Gasteiger charge is 2.27. The largest absolute Gasteiger partial charge is 0.278 e. The van der Waals surface area contributed by atoms with Crippen LogP contribution in [0, 0.1) is 0 Å². The van der Waals surface area contributed by atoms with Crippen molar-refractivity contribution in [1.82, 2.24) is 14.3 Å². The molecule has 34 heavy (non-hydrogen) atoms. The van der Waals surface area contributed by atoms with E-state index in [-0.39, 0.29) is 17.3 Å². The third-order valence-corrected chi connectivity index (χ3v) is 8.83. The summed E-state index contributed by atoms with van der Waals surface area (Å²) in [6.07, 6.45) is 4.49. The van der Waals surface area contributed by atoms with Gasteiger partial charge in [-0.1, -0.05) is 36.0 Å². The highest BCUT2D eigenvalue weighted by atomic mass is 32.2. The van der Waals surface area contributed by atoms with Crippen LogP contribution in [-0.4, -0.2) is 41.7 Å². The molecule has 0 N–H and O–H groups in total. The Kier molecular flexibility index (Phi) is 6.40. The topological polar surface area (TPSA) is 83.5 Å². The zero-order valence-corrected chi connectivity index (χ0v) is 20.1. The number of fused-ring (bicyclic) bond motifs is 1. The standard InChI is InChI=1S/C25H24N4O3S2/c30-24(19-11-13-21(14-12-19)34(31,32)28-16-6-1-7-17-28)29(18-20-8-4-5-15-26-20)25-27-22-9-2-3-10-23(22)33-25/h2-5,8-15H,1,6-7,16-18H2. The minimum absolute atomic E-state index is 0.210. The van der Waals surface area contributed by atoms with Gasteiger partial charge in [-0.05, 0) is 61.4 Å². The van der Waals surface area contributed by atoms with Crippen molar-refractivity contribution in [3.8, 4) is 0 Å². The average Bonchev–Trinajstić information content (AvgIpc) is 3.32. The molecule has 0 bridgehead atoms. The summed E-state index contributed by atoms with van der Waals surface area (Å²) in [4.78, 5) is 24.4. The number of carbonyl (C=O) groups excluding carboxylic acids is 1. The maximum Gasteiger partial charge on any atom is 0.260 e. The first-order valence-corrected chi connectivity index (χ1v) is 13.5. The van der Waals surface area contributed by atoms with Gasteiger partial charge in [-0.25, -0.2) is 13.4 Å². The maximum atomic E-state index is 13.6. The summed E-state index contributed by atoms with van der Waals surface area (Å²) in [5.41, 5.74) is 1.96. The van der Waals surface area contributed by atoms with Crippen molar-refractivity contribution in [1.29, 1.82) is 0 Å². The molecule has 1 aliphatic heterocycles. The number of hydrogen-bond acceptors (Lipinski definition) is 6. The van der Waals surface area contributed by atoms with Crippen LogP contribution in [0.5, 0.6) is 0 Å². The molecule has 3 heterocycles. The van der Waals surface area contributed by atoms with E-state index in [9.17, 15) is 13.2 Å². The van der Waals surface area contributed by atoms with Crippen LogP contribution in [0.3, 0.4) is 0 Å². The molecular formula is C25H24N4O3S2. The van der Waals surface area contributed by atoms with E-state index in [4.69, 9.17) is 0 Å². The van der Waals surface area contributed by atoms with E-state index in [1.165, 1.54) is 27.8 Å². The molecule has 5 rings (SSSR count). The van der Waals surface area contributed by atoms with E-state index in [0.717, 1.165) is 35.2 Å². The zero-order chi connectivity index (χ0) is 23.5. The van der Waals surface area contributed by atoms with Gasteiger partial charge in [0.2, 0.25) is 10.0 Å². The average molecular weight is 493 g/mol. The van der Waals surface area contributed by atoms with Crippen LogP contribution in [-0.2, 0) is 16.6 Å². The molecule has 0 atom stereocenters. The fourth-order valence-electron chi connectivity index (χ4n) is 4.04. The van der Waals surface area contributed by atoms with Gasteiger partial charge in [0.05, 0.1) is 27.4 Å². The first kappa shape index (κ1) is 22.6. The Hall–Kier alpha value is -3.14. The maximum absolute atomic E-state index is 13.6. The van der Waals surface area contributed by atoms with Gasteiger partial charge in [0, 0.05) is 24.8 Å². The van der Waals surface area contributed by atoms with E-state index < -0.39 is 10.0 Å². The highest BCUT2D eigenvalue weighted by molar-refractivity contribution is 7.89. The lowest BCUT2D eigenvalue weighted by molar-refractivity contribution is 0.0984. The zero-order valence-electron chi connectivity index (χ0n) is 18.5. The molecule has 2 aromatic heterocycles. The number of thiazole rings is 1. The molecule has 0 saturated carbocycles. The fraction of sp³-hybridized carbons (Fsp3) is 0.240. The molecule has 1 amide bonds. The molecule has 4 aromatic rings. The molecular weight excluding hydrogens is 468 g/mol. The number of hydrogen-bond donors (Lipinski definition) is 0. The van der Waals surface area contributed by atoms with Crippen LogP contribution in [0.4, 0.5) is 5.13 Å². The smallest absolute Gasteiger partial charge is 0.260 e. The first-order valence-electron chi connectivity index (χ1n) is 11.2. The van der Waals surface area contributed by atoms with Crippen LogP contribution in [0.25, 0.3) is 10.2 Å². The number of aromatic nitrogens is 2. The van der Waals surface area contributed by atoms with Crippen molar-refractivity contribution in [2.45, 2.75) is 30.7 Å². The number of piperidine rings is 1. The van der Waals surface area contributed by atoms with E-state index in [0.29, 0.717) is 23.8 Å². The number of nitrogens with zero attached hydrogens (tertiary/aromatic N) is 4. The normalized spacial score (nSPS) is 14.8. The lowest BCUT2D eigenvalue weighted by atomic mass is 10.2. The minimum Gasteiger partial charge on any atom is -0.278 e. The summed E-state index contributed by atoms with van der Waals surface area (Å²) in [5, 5.41) is 0.571. The van der Waals surface area contributed by atoms with Crippen molar-refractivity contribution < 1.29 is 13.2 Å². The fourth-order valence-corrected chi connectivity index (χ4v) is 6.52. The Bertz CT molecular complexity index is 1360. The van der Waals surface area contributed by atoms with E-state index in [2.05, 4.69) is 9.97 Å². The van der Waals surface area contributed by atoms with Crippen LogP contribution in [0.1, 0.15) is 35.3 Å². The molecule has 0 unspecified atom stereocenters. The second-order valence-corrected chi connectivity index (χ2v) is 11.1. The second kappa shape index (κ2) is 9.61. The van der Waals surface area contributed by atoms with Gasteiger partial charge in [0.15, 0.2) is 5.13 Å². The molecule has 1 fully saturated rings. The summed E-state index contributed by atoms with van der Waals surface area (Å²) in [6.45, 7) is 1.34. The van der Waals surface area contributed by atoms with Crippen molar-refractivity contribution >= 4 is 42.6 Å². The molecule has 7 nitrogen and oxygen atoms in total. The van der Waals surface area contributed by atoms with Crippen LogP contribution >= 0.6 is 11.3 Å². The molecule has 0 aliphatic carbocycles. The molecule has 9 heteroatoms. The second-order valence-electron chi connectivity index (χ2n) is 8.17. The molecule has 2 aromatic carbocycles. The van der Waals surface area contributed by atoms with Gasteiger partial charge in [-0.15, -0.1) is 0 Å². The predicted octanol–water partition coefficient (Wildman–Crippen LogP) is 4.71.